The van der Waals surface area contributed by atoms with E-state index in [1.165, 1.54) is 36.0 Å². The number of benzene rings is 1. The van der Waals surface area contributed by atoms with Gasteiger partial charge >= 0.3 is 6.36 Å². The molecule has 0 aliphatic rings. The second-order valence-electron chi connectivity index (χ2n) is 3.24. The molecule has 1 aromatic rings. The molecular weight excluding hydrogens is 285 g/mol. The van der Waals surface area contributed by atoms with Crippen molar-refractivity contribution in [1.29, 1.82) is 0 Å². The summed E-state index contributed by atoms with van der Waals surface area (Å²) < 4.78 is 51.5. The van der Waals surface area contributed by atoms with Gasteiger partial charge in [0, 0.05) is 6.08 Å². The molecule has 0 saturated carbocycles. The molecule has 1 aromatic carbocycles. The van der Waals surface area contributed by atoms with Gasteiger partial charge in [-0.1, -0.05) is 23.9 Å². The fourth-order valence-corrected chi connectivity index (χ4v) is 2.66. The summed E-state index contributed by atoms with van der Waals surface area (Å²) in [6, 6.07) is 5.39. The van der Waals surface area contributed by atoms with E-state index in [1.807, 2.05) is 0 Å². The summed E-state index contributed by atoms with van der Waals surface area (Å²) in [4.78, 5) is 0. The summed E-state index contributed by atoms with van der Waals surface area (Å²) in [5.74, 6) is -0.275. The summed E-state index contributed by atoms with van der Waals surface area (Å²) in [6.45, 7) is 0. The third-order valence-electron chi connectivity index (χ3n) is 1.88. The van der Waals surface area contributed by atoms with E-state index in [4.69, 9.17) is 0 Å². The van der Waals surface area contributed by atoms with Crippen molar-refractivity contribution in [2.45, 2.75) is 6.36 Å². The Morgan fingerprint density at radius 2 is 1.89 bits per heavy atom. The first-order valence-electron chi connectivity index (χ1n) is 4.77. The lowest BCUT2D eigenvalue weighted by atomic mass is 10.2. The molecule has 0 spiro atoms. The average molecular weight is 296 g/mol. The van der Waals surface area contributed by atoms with Crippen molar-refractivity contribution in [3.8, 4) is 5.75 Å². The number of halogens is 3. The molecule has 7 heteroatoms. The van der Waals surface area contributed by atoms with Crippen molar-refractivity contribution in [2.24, 2.45) is 0 Å². The second kappa shape index (κ2) is 6.40. The van der Waals surface area contributed by atoms with Crippen LogP contribution in [0.5, 0.6) is 5.75 Å². The molecule has 0 heterocycles. The highest BCUT2D eigenvalue weighted by Gasteiger charge is 2.30. The third-order valence-corrected chi connectivity index (χ3v) is 4.29. The molecule has 1 atom stereocenters. The van der Waals surface area contributed by atoms with Crippen LogP contribution in [-0.4, -0.2) is 23.4 Å². The Labute approximate surface area is 110 Å². The zero-order chi connectivity index (χ0) is 13.8. The fourth-order valence-electron chi connectivity index (χ4n) is 1.16. The topological polar surface area (TPSA) is 32.3 Å². The van der Waals surface area contributed by atoms with Gasteiger partial charge in [0.25, 0.3) is 0 Å². The minimum absolute atomic E-state index is 0.275. The van der Waals surface area contributed by atoms with E-state index in [-0.39, 0.29) is 5.75 Å². The molecule has 0 radical (unpaired) electrons. The second-order valence-corrected chi connectivity index (χ2v) is 5.69. The van der Waals surface area contributed by atoms with Gasteiger partial charge < -0.3 is 9.29 Å². The lowest BCUT2D eigenvalue weighted by Crippen LogP contribution is -2.16. The smallest absolute Gasteiger partial charge is 0.573 e. The highest BCUT2D eigenvalue weighted by atomic mass is 32.3. The summed E-state index contributed by atoms with van der Waals surface area (Å²) in [5.41, 5.74) is 0.670. The number of rotatable bonds is 4. The summed E-state index contributed by atoms with van der Waals surface area (Å²) in [5, 5.41) is 0. The van der Waals surface area contributed by atoms with Crippen LogP contribution in [0.15, 0.2) is 28.5 Å². The predicted octanol–water partition coefficient (Wildman–Crippen LogP) is 3.63. The van der Waals surface area contributed by atoms with Crippen LogP contribution in [0.2, 0.25) is 0 Å². The molecule has 2 nitrogen and oxygen atoms in total. The summed E-state index contributed by atoms with van der Waals surface area (Å²) in [7, 11) is 0. The molecule has 0 aliphatic carbocycles. The third kappa shape index (κ3) is 5.24. The Morgan fingerprint density at radius 1 is 1.33 bits per heavy atom. The van der Waals surface area contributed by atoms with Crippen molar-refractivity contribution in [3.63, 3.8) is 0 Å². The van der Waals surface area contributed by atoms with Gasteiger partial charge in [0.1, 0.15) is 12.0 Å². The zero-order valence-electron chi connectivity index (χ0n) is 9.65. The average Bonchev–Trinajstić information content (AvgIpc) is 2.25. The van der Waals surface area contributed by atoms with Crippen LogP contribution in [0.4, 0.5) is 13.2 Å². The Morgan fingerprint density at radius 3 is 2.28 bits per heavy atom. The fraction of sp³-hybridized carbons (Fsp3) is 0.273. The number of thioether (sulfide) groups is 1. The monoisotopic (exact) mass is 296 g/mol. The molecule has 0 fully saturated rings. The van der Waals surface area contributed by atoms with Gasteiger partial charge in [-0.3, -0.25) is 0 Å². The van der Waals surface area contributed by atoms with Gasteiger partial charge in [0.05, 0.1) is 0 Å². The molecule has 100 valence electrons. The number of hydrogen-bond donors (Lipinski definition) is 0. The highest BCUT2D eigenvalue weighted by Crippen LogP contribution is 2.25. The van der Waals surface area contributed by atoms with Crippen LogP contribution >= 0.6 is 11.8 Å². The van der Waals surface area contributed by atoms with E-state index in [9.17, 15) is 17.7 Å². The van der Waals surface area contributed by atoms with Crippen LogP contribution in [-0.2, 0) is 11.2 Å². The first-order chi connectivity index (χ1) is 8.31. The Balaban J connectivity index is 2.83. The van der Waals surface area contributed by atoms with Crippen LogP contribution in [0.1, 0.15) is 5.56 Å². The number of ether oxygens (including phenoxy) is 1. The molecule has 0 saturated heterocycles. The van der Waals surface area contributed by atoms with Gasteiger partial charge in [0.2, 0.25) is 0 Å². The van der Waals surface area contributed by atoms with Gasteiger partial charge in [-0.05, 0) is 35.1 Å². The maximum absolute atomic E-state index is 11.9. The van der Waals surface area contributed by atoms with E-state index in [0.717, 1.165) is 0 Å². The van der Waals surface area contributed by atoms with Gasteiger partial charge in [-0.2, -0.15) is 0 Å². The van der Waals surface area contributed by atoms with Gasteiger partial charge in [0.15, 0.2) is 4.24 Å². The number of alkyl halides is 3. The minimum Gasteiger partial charge on any atom is -0.611 e. The molecule has 0 amide bonds. The first kappa shape index (κ1) is 15.3. The molecule has 0 aromatic heterocycles. The lowest BCUT2D eigenvalue weighted by molar-refractivity contribution is -0.274. The SMILES string of the molecule is CS/C(=C/c1ccc(OC(F)(F)F)cc1)[S+](C)[O-]. The molecule has 0 bridgehead atoms. The van der Waals surface area contributed by atoms with Crippen molar-refractivity contribution in [3.05, 3.63) is 34.1 Å². The van der Waals surface area contributed by atoms with E-state index in [0.29, 0.717) is 9.80 Å². The maximum Gasteiger partial charge on any atom is 0.573 e. The molecule has 0 N–H and O–H groups in total. The molecule has 1 rings (SSSR count). The normalized spacial score (nSPS) is 14.4. The summed E-state index contributed by atoms with van der Waals surface area (Å²) in [6.07, 6.45) is 0.308. The Hall–Kier alpha value is -0.790. The Bertz CT molecular complexity index is 413. The first-order valence-corrected chi connectivity index (χ1v) is 7.55. The van der Waals surface area contributed by atoms with Crippen LogP contribution in [0, 0.1) is 0 Å². The molecule has 18 heavy (non-hydrogen) atoms. The summed E-state index contributed by atoms with van der Waals surface area (Å²) >= 11 is 0.225. The van der Waals surface area contributed by atoms with Gasteiger partial charge in [-0.15, -0.1) is 13.2 Å². The van der Waals surface area contributed by atoms with Crippen molar-refractivity contribution in [2.75, 3.05) is 12.5 Å². The van der Waals surface area contributed by atoms with E-state index >= 15 is 0 Å². The van der Waals surface area contributed by atoms with E-state index in [2.05, 4.69) is 4.74 Å². The van der Waals surface area contributed by atoms with Gasteiger partial charge in [-0.25, -0.2) is 0 Å². The molecule has 1 unspecified atom stereocenters. The van der Waals surface area contributed by atoms with Crippen LogP contribution < -0.4 is 4.74 Å². The largest absolute Gasteiger partial charge is 0.611 e. The maximum atomic E-state index is 11.9. The van der Waals surface area contributed by atoms with Crippen molar-refractivity contribution < 1.29 is 22.5 Å². The van der Waals surface area contributed by atoms with Crippen LogP contribution in [0.25, 0.3) is 6.08 Å². The predicted molar refractivity (Wildman–Crippen MR) is 68.7 cm³/mol. The number of hydrogen-bond acceptors (Lipinski definition) is 3. The van der Waals surface area contributed by atoms with E-state index < -0.39 is 17.5 Å². The van der Waals surface area contributed by atoms with Crippen molar-refractivity contribution >= 4 is 29.0 Å². The quantitative estimate of drug-likeness (QED) is 0.795. The standard InChI is InChI=1S/C11H11F3O2S2/c1-17-10(18(2)15)7-8-3-5-9(6-4-8)16-11(12,13)14/h3-7H,1-2H3/b10-7-. The lowest BCUT2D eigenvalue weighted by Gasteiger charge is -2.09. The highest BCUT2D eigenvalue weighted by molar-refractivity contribution is 8.18. The van der Waals surface area contributed by atoms with Crippen LogP contribution in [0.3, 0.4) is 0 Å². The zero-order valence-corrected chi connectivity index (χ0v) is 11.3. The molecule has 0 aliphatic heterocycles. The Kier molecular flexibility index (Phi) is 5.43. The van der Waals surface area contributed by atoms with E-state index in [1.54, 1.807) is 18.6 Å². The minimum atomic E-state index is -4.69. The van der Waals surface area contributed by atoms with Crippen molar-refractivity contribution in [1.82, 2.24) is 0 Å². The molecular formula is C11H11F3O2S2.